The second-order valence-electron chi connectivity index (χ2n) is 5.66. The molecule has 1 aliphatic rings. The monoisotopic (exact) mass is 274 g/mol. The second kappa shape index (κ2) is 5.82. The first kappa shape index (κ1) is 15.1. The van der Waals surface area contributed by atoms with E-state index in [-0.39, 0.29) is 17.2 Å². The molecule has 2 amide bonds. The molecule has 1 fully saturated rings. The summed E-state index contributed by atoms with van der Waals surface area (Å²) in [5.74, 6) is 0.225. The molecule has 0 saturated carbocycles. The van der Waals surface area contributed by atoms with Crippen LogP contribution >= 0.6 is 11.8 Å². The predicted molar refractivity (Wildman–Crippen MR) is 73.0 cm³/mol. The van der Waals surface area contributed by atoms with Gasteiger partial charge in [0.25, 0.3) is 0 Å². The van der Waals surface area contributed by atoms with E-state index in [1.165, 1.54) is 6.42 Å². The van der Waals surface area contributed by atoms with Crippen molar-refractivity contribution in [2.75, 3.05) is 12.3 Å². The minimum atomic E-state index is -0.918. The third-order valence-electron chi connectivity index (χ3n) is 2.97. The number of urea groups is 1. The average Bonchev–Trinajstić information content (AvgIpc) is 2.60. The van der Waals surface area contributed by atoms with Crippen molar-refractivity contribution in [1.82, 2.24) is 10.6 Å². The lowest BCUT2D eigenvalue weighted by Crippen LogP contribution is -2.51. The Morgan fingerprint density at radius 2 is 2.11 bits per heavy atom. The summed E-state index contributed by atoms with van der Waals surface area (Å²) in [6.45, 7) is 6.17. The molecule has 0 aromatic carbocycles. The normalized spacial score (nSPS) is 23.7. The van der Waals surface area contributed by atoms with Crippen molar-refractivity contribution in [1.29, 1.82) is 0 Å². The summed E-state index contributed by atoms with van der Waals surface area (Å²) in [5, 5.41) is 14.2. The van der Waals surface area contributed by atoms with Crippen molar-refractivity contribution >= 4 is 23.8 Å². The van der Waals surface area contributed by atoms with E-state index in [0.717, 1.165) is 12.2 Å². The number of carboxylic acid groups (broad SMARTS) is 1. The van der Waals surface area contributed by atoms with Gasteiger partial charge < -0.3 is 15.7 Å². The summed E-state index contributed by atoms with van der Waals surface area (Å²) >= 11 is 1.88. The SMILES string of the molecule is CC(C)(CC(=O)O)NC(=O)NCC1(C)CCCS1. The van der Waals surface area contributed by atoms with Crippen LogP contribution in [-0.2, 0) is 4.79 Å². The van der Waals surface area contributed by atoms with E-state index in [2.05, 4.69) is 17.6 Å². The number of carboxylic acids is 1. The summed E-state index contributed by atoms with van der Waals surface area (Å²) in [6, 6.07) is -0.296. The van der Waals surface area contributed by atoms with Gasteiger partial charge in [-0.15, -0.1) is 0 Å². The van der Waals surface area contributed by atoms with E-state index in [4.69, 9.17) is 5.11 Å². The lowest BCUT2D eigenvalue weighted by atomic mass is 10.0. The fraction of sp³-hybridized carbons (Fsp3) is 0.833. The molecule has 18 heavy (non-hydrogen) atoms. The summed E-state index contributed by atoms with van der Waals surface area (Å²) in [4.78, 5) is 22.4. The van der Waals surface area contributed by atoms with Crippen LogP contribution < -0.4 is 10.6 Å². The number of nitrogens with one attached hydrogen (secondary N) is 2. The van der Waals surface area contributed by atoms with Crippen LogP contribution in [0.3, 0.4) is 0 Å². The van der Waals surface area contributed by atoms with Crippen molar-refractivity contribution in [3.8, 4) is 0 Å². The predicted octanol–water partition coefficient (Wildman–Crippen LogP) is 1.82. The van der Waals surface area contributed by atoms with Gasteiger partial charge in [-0.3, -0.25) is 4.79 Å². The number of hydrogen-bond acceptors (Lipinski definition) is 3. The zero-order valence-corrected chi connectivity index (χ0v) is 12.0. The number of carbonyl (C=O) groups is 2. The first-order valence-corrected chi connectivity index (χ1v) is 7.13. The van der Waals surface area contributed by atoms with Crippen LogP contribution in [0.4, 0.5) is 4.79 Å². The highest BCUT2D eigenvalue weighted by atomic mass is 32.2. The average molecular weight is 274 g/mol. The molecular weight excluding hydrogens is 252 g/mol. The molecule has 0 spiro atoms. The summed E-state index contributed by atoms with van der Waals surface area (Å²) < 4.78 is 0.119. The Kier molecular flexibility index (Phi) is 4.90. The summed E-state index contributed by atoms with van der Waals surface area (Å²) in [5.41, 5.74) is -0.736. The maximum Gasteiger partial charge on any atom is 0.315 e. The molecule has 3 N–H and O–H groups in total. The molecule has 1 aliphatic heterocycles. The molecule has 0 bridgehead atoms. The Morgan fingerprint density at radius 3 is 2.61 bits per heavy atom. The minimum Gasteiger partial charge on any atom is -0.481 e. The molecule has 1 rings (SSSR count). The largest absolute Gasteiger partial charge is 0.481 e. The van der Waals surface area contributed by atoms with E-state index in [0.29, 0.717) is 6.54 Å². The van der Waals surface area contributed by atoms with Crippen LogP contribution in [-0.4, -0.2) is 39.7 Å². The smallest absolute Gasteiger partial charge is 0.315 e. The second-order valence-corrected chi connectivity index (χ2v) is 7.35. The van der Waals surface area contributed by atoms with Gasteiger partial charge in [0, 0.05) is 16.8 Å². The van der Waals surface area contributed by atoms with E-state index >= 15 is 0 Å². The Labute approximate surface area is 112 Å². The molecule has 0 aliphatic carbocycles. The molecule has 1 unspecified atom stereocenters. The number of hydrogen-bond donors (Lipinski definition) is 3. The maximum absolute atomic E-state index is 11.7. The molecule has 0 aromatic rings. The van der Waals surface area contributed by atoms with Crippen LogP contribution in [0.5, 0.6) is 0 Å². The van der Waals surface area contributed by atoms with Crippen LogP contribution in [0.15, 0.2) is 0 Å². The van der Waals surface area contributed by atoms with Crippen molar-refractivity contribution in [2.24, 2.45) is 0 Å². The number of aliphatic carboxylic acids is 1. The van der Waals surface area contributed by atoms with Gasteiger partial charge in [-0.2, -0.15) is 11.8 Å². The summed E-state index contributed by atoms with van der Waals surface area (Å²) in [7, 11) is 0. The van der Waals surface area contributed by atoms with Gasteiger partial charge in [-0.1, -0.05) is 0 Å². The van der Waals surface area contributed by atoms with Gasteiger partial charge >= 0.3 is 12.0 Å². The first-order valence-electron chi connectivity index (χ1n) is 6.14. The van der Waals surface area contributed by atoms with Crippen LogP contribution in [0.1, 0.15) is 40.0 Å². The quantitative estimate of drug-likeness (QED) is 0.714. The molecule has 1 atom stereocenters. The van der Waals surface area contributed by atoms with Crippen molar-refractivity contribution in [3.63, 3.8) is 0 Å². The van der Waals surface area contributed by atoms with Crippen LogP contribution in [0.2, 0.25) is 0 Å². The van der Waals surface area contributed by atoms with E-state index < -0.39 is 11.5 Å². The molecule has 0 aromatic heterocycles. The van der Waals surface area contributed by atoms with E-state index in [9.17, 15) is 9.59 Å². The highest BCUT2D eigenvalue weighted by Crippen LogP contribution is 2.36. The Morgan fingerprint density at radius 1 is 1.44 bits per heavy atom. The maximum atomic E-state index is 11.7. The summed E-state index contributed by atoms with van der Waals surface area (Å²) in [6.07, 6.45) is 2.21. The van der Waals surface area contributed by atoms with Crippen molar-refractivity contribution in [2.45, 2.75) is 50.3 Å². The van der Waals surface area contributed by atoms with Gasteiger partial charge in [0.2, 0.25) is 0 Å². The molecule has 0 radical (unpaired) electrons. The van der Waals surface area contributed by atoms with Crippen molar-refractivity contribution in [3.05, 3.63) is 0 Å². The van der Waals surface area contributed by atoms with E-state index in [1.54, 1.807) is 13.8 Å². The number of thioether (sulfide) groups is 1. The van der Waals surface area contributed by atoms with Gasteiger partial charge in [0.15, 0.2) is 0 Å². The van der Waals surface area contributed by atoms with Gasteiger partial charge in [-0.25, -0.2) is 4.79 Å². The molecule has 1 heterocycles. The zero-order chi connectivity index (χ0) is 13.8. The number of rotatable bonds is 5. The molecular formula is C12H22N2O3S. The Bertz CT molecular complexity index is 325. The fourth-order valence-corrected chi connectivity index (χ4v) is 3.26. The fourth-order valence-electron chi connectivity index (χ4n) is 2.02. The highest BCUT2D eigenvalue weighted by molar-refractivity contribution is 8.00. The van der Waals surface area contributed by atoms with E-state index in [1.807, 2.05) is 11.8 Å². The molecule has 1 saturated heterocycles. The Balaban J connectivity index is 2.35. The van der Waals surface area contributed by atoms with Gasteiger partial charge in [0.05, 0.1) is 6.42 Å². The lowest BCUT2D eigenvalue weighted by molar-refractivity contribution is -0.138. The third-order valence-corrected chi connectivity index (χ3v) is 4.51. The lowest BCUT2D eigenvalue weighted by Gasteiger charge is -2.27. The first-order chi connectivity index (χ1) is 8.22. The van der Waals surface area contributed by atoms with Crippen molar-refractivity contribution < 1.29 is 14.7 Å². The molecule has 5 nitrogen and oxygen atoms in total. The van der Waals surface area contributed by atoms with Crippen LogP contribution in [0.25, 0.3) is 0 Å². The standard InChI is InChI=1S/C12H22N2O3S/c1-11(2,7-9(15)16)14-10(17)13-8-12(3)5-4-6-18-12/h4-8H2,1-3H3,(H,15,16)(H2,13,14,17). The number of carbonyl (C=O) groups excluding carboxylic acids is 1. The molecule has 6 heteroatoms. The van der Waals surface area contributed by atoms with Crippen LogP contribution in [0, 0.1) is 0 Å². The zero-order valence-electron chi connectivity index (χ0n) is 11.2. The minimum absolute atomic E-state index is 0.0908. The third kappa shape index (κ3) is 5.16. The highest BCUT2D eigenvalue weighted by Gasteiger charge is 2.30. The van der Waals surface area contributed by atoms with Gasteiger partial charge in [-0.05, 0) is 39.4 Å². The number of amides is 2. The Hall–Kier alpha value is -0.910. The topological polar surface area (TPSA) is 78.4 Å². The van der Waals surface area contributed by atoms with Gasteiger partial charge in [0.1, 0.15) is 0 Å². The molecule has 104 valence electrons.